The number of aliphatic hydroxyl groups is 1. The number of aliphatic hydroxyl groups excluding tert-OH is 1. The summed E-state index contributed by atoms with van der Waals surface area (Å²) in [6.07, 6.45) is 0. The Morgan fingerprint density at radius 2 is 1.88 bits per heavy atom. The van der Waals surface area contributed by atoms with Gasteiger partial charge in [0.15, 0.2) is 6.61 Å². The summed E-state index contributed by atoms with van der Waals surface area (Å²) in [5.74, 6) is -0.367. The monoisotopic (exact) mass is 327 g/mol. The van der Waals surface area contributed by atoms with Gasteiger partial charge in [-0.15, -0.1) is 5.10 Å². The fourth-order valence-electron chi connectivity index (χ4n) is 1.99. The van der Waals surface area contributed by atoms with Crippen LogP contribution in [0.15, 0.2) is 53.3 Å². The fraction of sp³-hybridized carbons (Fsp3) is 0.125. The molecule has 0 unspecified atom stereocenters. The number of nitrogens with zero attached hydrogens (tertiary/aromatic N) is 3. The average molecular weight is 327 g/mol. The topological polar surface area (TPSA) is 104 Å². The Bertz CT molecular complexity index is 921. The Balaban J connectivity index is 1.66. The number of hydrogen-bond donors (Lipinski definition) is 1. The minimum atomic E-state index is -0.798. The number of aromatic nitrogens is 3. The largest absolute Gasteiger partial charge is 0.482 e. The van der Waals surface area contributed by atoms with E-state index < -0.39 is 18.1 Å². The van der Waals surface area contributed by atoms with E-state index in [1.165, 1.54) is 0 Å². The molecule has 1 heterocycles. The highest BCUT2D eigenvalue weighted by atomic mass is 16.7. The number of benzene rings is 2. The molecule has 0 bridgehead atoms. The van der Waals surface area contributed by atoms with E-state index in [9.17, 15) is 9.59 Å². The second-order valence-corrected chi connectivity index (χ2v) is 4.84. The van der Waals surface area contributed by atoms with Crippen molar-refractivity contribution in [3.05, 3.63) is 64.4 Å². The van der Waals surface area contributed by atoms with Crippen LogP contribution in [0.25, 0.3) is 10.9 Å². The molecule has 0 aliphatic rings. The van der Waals surface area contributed by atoms with E-state index in [-0.39, 0.29) is 6.61 Å². The van der Waals surface area contributed by atoms with Gasteiger partial charge in [-0.05, 0) is 39.9 Å². The van der Waals surface area contributed by atoms with Gasteiger partial charge in [0.2, 0.25) is 0 Å². The zero-order valence-electron chi connectivity index (χ0n) is 12.5. The number of carbonyl (C=O) groups excluding carboxylic acids is 1. The van der Waals surface area contributed by atoms with Gasteiger partial charge in [0.1, 0.15) is 11.3 Å². The molecule has 0 atom stereocenters. The van der Waals surface area contributed by atoms with Crippen LogP contribution in [0, 0.1) is 0 Å². The van der Waals surface area contributed by atoms with Crippen LogP contribution < -0.4 is 15.1 Å². The first-order valence-corrected chi connectivity index (χ1v) is 7.06. The lowest BCUT2D eigenvalue weighted by molar-refractivity contribution is -0.149. The molecule has 1 N–H and O–H groups in total. The molecule has 2 aromatic carbocycles. The van der Waals surface area contributed by atoms with Crippen molar-refractivity contribution in [3.8, 4) is 5.75 Å². The summed E-state index contributed by atoms with van der Waals surface area (Å²) in [6.45, 7) is -0.481. The van der Waals surface area contributed by atoms with Crippen LogP contribution in [-0.2, 0) is 11.4 Å². The minimum absolute atomic E-state index is 0.0775. The van der Waals surface area contributed by atoms with Crippen LogP contribution in [-0.4, -0.2) is 32.8 Å². The Kier molecular flexibility index (Phi) is 4.48. The van der Waals surface area contributed by atoms with Gasteiger partial charge in [-0.2, -0.15) is 0 Å². The van der Waals surface area contributed by atoms with Crippen molar-refractivity contribution in [3.63, 3.8) is 0 Å². The van der Waals surface area contributed by atoms with Gasteiger partial charge >= 0.3 is 11.5 Å². The summed E-state index contributed by atoms with van der Waals surface area (Å²) in [5, 5.41) is 16.6. The van der Waals surface area contributed by atoms with Crippen molar-refractivity contribution in [1.29, 1.82) is 0 Å². The van der Waals surface area contributed by atoms with Gasteiger partial charge in [0, 0.05) is 0 Å². The summed E-state index contributed by atoms with van der Waals surface area (Å²) in [7, 11) is 0. The first-order chi connectivity index (χ1) is 11.7. The van der Waals surface area contributed by atoms with E-state index in [2.05, 4.69) is 10.3 Å². The quantitative estimate of drug-likeness (QED) is 0.673. The zero-order chi connectivity index (χ0) is 16.9. The smallest absolute Gasteiger partial charge is 0.372 e. The van der Waals surface area contributed by atoms with Crippen LogP contribution in [0.2, 0.25) is 0 Å². The van der Waals surface area contributed by atoms with Gasteiger partial charge < -0.3 is 14.7 Å². The number of hydrogen-bond acceptors (Lipinski definition) is 7. The average Bonchev–Trinajstić information content (AvgIpc) is 2.63. The third-order valence-corrected chi connectivity index (χ3v) is 3.19. The van der Waals surface area contributed by atoms with E-state index in [0.717, 1.165) is 5.56 Å². The Hall–Kier alpha value is -3.26. The summed E-state index contributed by atoms with van der Waals surface area (Å²) in [6, 6.07) is 13.2. The van der Waals surface area contributed by atoms with Gasteiger partial charge in [0.05, 0.1) is 12.0 Å². The molecule has 0 fully saturated rings. The van der Waals surface area contributed by atoms with E-state index in [4.69, 9.17) is 14.7 Å². The maximum atomic E-state index is 12.1. The van der Waals surface area contributed by atoms with Gasteiger partial charge in [-0.3, -0.25) is 4.79 Å². The molecule has 0 amide bonds. The van der Waals surface area contributed by atoms with Crippen molar-refractivity contribution in [1.82, 2.24) is 15.2 Å². The van der Waals surface area contributed by atoms with Crippen LogP contribution in [0.4, 0.5) is 0 Å². The molecule has 0 saturated heterocycles. The van der Waals surface area contributed by atoms with Crippen molar-refractivity contribution in [2.24, 2.45) is 0 Å². The maximum absolute atomic E-state index is 12.1. The normalized spacial score (nSPS) is 10.5. The second kappa shape index (κ2) is 6.88. The molecule has 3 rings (SSSR count). The number of carbonyl (C=O) groups is 1. The van der Waals surface area contributed by atoms with E-state index in [1.54, 1.807) is 48.5 Å². The number of ether oxygens (including phenoxy) is 1. The minimum Gasteiger partial charge on any atom is -0.482 e. The molecule has 0 spiro atoms. The number of rotatable bonds is 5. The molecule has 0 radical (unpaired) electrons. The molecule has 0 aliphatic carbocycles. The maximum Gasteiger partial charge on any atom is 0.372 e. The predicted octanol–water partition coefficient (Wildman–Crippen LogP) is 0.318. The lowest BCUT2D eigenvalue weighted by atomic mass is 10.2. The molecule has 1 aromatic heterocycles. The summed E-state index contributed by atoms with van der Waals surface area (Å²) in [4.78, 5) is 29.3. The first kappa shape index (κ1) is 15.6. The second-order valence-electron chi connectivity index (χ2n) is 4.84. The lowest BCUT2D eigenvalue weighted by Crippen LogP contribution is -2.35. The molecule has 0 saturated carbocycles. The Labute approximate surface area is 135 Å². The molecule has 122 valence electrons. The number of fused-ring (bicyclic) bond motifs is 1. The Morgan fingerprint density at radius 3 is 2.62 bits per heavy atom. The molecule has 8 nitrogen and oxygen atoms in total. The van der Waals surface area contributed by atoms with Crippen molar-refractivity contribution < 1.29 is 19.5 Å². The molecule has 24 heavy (non-hydrogen) atoms. The SMILES string of the molecule is O=C(COc1ccc(CO)cc1)On1nnc2ccccc2c1=O. The first-order valence-electron chi connectivity index (χ1n) is 7.06. The fourth-order valence-corrected chi connectivity index (χ4v) is 1.99. The van der Waals surface area contributed by atoms with Crippen LogP contribution in [0.1, 0.15) is 5.56 Å². The predicted molar refractivity (Wildman–Crippen MR) is 83.2 cm³/mol. The molecule has 8 heteroatoms. The molecule has 0 aliphatic heterocycles. The van der Waals surface area contributed by atoms with E-state index in [0.29, 0.717) is 21.5 Å². The Morgan fingerprint density at radius 1 is 1.12 bits per heavy atom. The zero-order valence-corrected chi connectivity index (χ0v) is 12.5. The summed E-state index contributed by atoms with van der Waals surface area (Å²) >= 11 is 0. The van der Waals surface area contributed by atoms with Gasteiger partial charge in [-0.1, -0.05) is 24.3 Å². The van der Waals surface area contributed by atoms with E-state index in [1.807, 2.05) is 0 Å². The van der Waals surface area contributed by atoms with Crippen LogP contribution in [0.3, 0.4) is 0 Å². The molecular weight excluding hydrogens is 314 g/mol. The van der Waals surface area contributed by atoms with Crippen molar-refractivity contribution >= 4 is 16.9 Å². The third kappa shape index (κ3) is 3.39. The highest BCUT2D eigenvalue weighted by Gasteiger charge is 2.11. The van der Waals surface area contributed by atoms with Crippen LogP contribution in [0.5, 0.6) is 5.75 Å². The van der Waals surface area contributed by atoms with Gasteiger partial charge in [-0.25, -0.2) is 4.79 Å². The van der Waals surface area contributed by atoms with Crippen LogP contribution >= 0.6 is 0 Å². The summed E-state index contributed by atoms with van der Waals surface area (Å²) < 4.78 is 5.25. The van der Waals surface area contributed by atoms with Crippen molar-refractivity contribution in [2.75, 3.05) is 6.61 Å². The highest BCUT2D eigenvalue weighted by Crippen LogP contribution is 2.11. The van der Waals surface area contributed by atoms with Crippen molar-refractivity contribution in [2.45, 2.75) is 6.61 Å². The van der Waals surface area contributed by atoms with E-state index >= 15 is 0 Å². The lowest BCUT2D eigenvalue weighted by Gasteiger charge is -2.07. The standard InChI is InChI=1S/C16H13N3O5/c20-9-11-5-7-12(8-6-11)23-10-15(21)24-19-16(22)13-3-1-2-4-14(13)17-18-19/h1-8,20H,9-10H2. The van der Waals surface area contributed by atoms with Gasteiger partial charge in [0.25, 0.3) is 0 Å². The highest BCUT2D eigenvalue weighted by molar-refractivity contribution is 5.76. The third-order valence-electron chi connectivity index (χ3n) is 3.19. The molecule has 3 aromatic rings. The summed E-state index contributed by atoms with van der Waals surface area (Å²) in [5.41, 5.74) is 0.555. The molecular formula is C16H13N3O5.